The maximum atomic E-state index is 10.1. The van der Waals surface area contributed by atoms with Crippen LogP contribution < -0.4 is 21.7 Å². The molecule has 1 radical (unpaired) electrons. The second kappa shape index (κ2) is 9.10. The zero-order chi connectivity index (χ0) is 15.3. The van der Waals surface area contributed by atoms with Gasteiger partial charge < -0.3 is 31.3 Å². The van der Waals surface area contributed by atoms with Crippen LogP contribution in [0.1, 0.15) is 27.7 Å². The summed E-state index contributed by atoms with van der Waals surface area (Å²) in [6, 6.07) is -2.03. The fourth-order valence-corrected chi connectivity index (χ4v) is 0.788. The molecule has 0 heterocycles. The first-order valence-corrected chi connectivity index (χ1v) is 5.98. The predicted octanol–water partition coefficient (Wildman–Crippen LogP) is -2.46. The van der Waals surface area contributed by atoms with Crippen LogP contribution >= 0.6 is 25.3 Å². The first-order chi connectivity index (χ1) is 7.71. The Bertz CT molecular complexity index is 273. The minimum atomic E-state index is -1.27. The molecule has 0 saturated carbocycles. The zero-order valence-corrected chi connectivity index (χ0v) is 13.9. The first-order valence-electron chi connectivity index (χ1n) is 5.09. The molecule has 117 valence electrons. The third kappa shape index (κ3) is 11.6. The summed E-state index contributed by atoms with van der Waals surface area (Å²) < 4.78 is -1.42. The maximum Gasteiger partial charge on any atom is 2.00 e. The molecule has 0 saturated heterocycles. The average molecular weight is 360 g/mol. The molecule has 4 N–H and O–H groups in total. The summed E-state index contributed by atoms with van der Waals surface area (Å²) in [6.07, 6.45) is 0. The molecule has 19 heavy (non-hydrogen) atoms. The van der Waals surface area contributed by atoms with Crippen molar-refractivity contribution in [2.24, 2.45) is 11.5 Å². The Labute approximate surface area is 135 Å². The van der Waals surface area contributed by atoms with Crippen LogP contribution in [0.3, 0.4) is 0 Å². The van der Waals surface area contributed by atoms with Crippen molar-refractivity contribution >= 4 is 37.2 Å². The van der Waals surface area contributed by atoms with Gasteiger partial charge in [-0.15, -0.1) is 0 Å². The molecule has 0 spiro atoms. The van der Waals surface area contributed by atoms with Gasteiger partial charge in [0.1, 0.15) is 0 Å². The number of hydrogen-bond acceptors (Lipinski definition) is 8. The van der Waals surface area contributed by atoms with Crippen molar-refractivity contribution in [2.45, 2.75) is 49.3 Å². The Kier molecular flexibility index (Phi) is 11.5. The Morgan fingerprint density at radius 3 is 1.05 bits per heavy atom. The fourth-order valence-electron chi connectivity index (χ4n) is 0.577. The van der Waals surface area contributed by atoms with Gasteiger partial charge in [-0.2, -0.15) is 25.3 Å². The summed E-state index contributed by atoms with van der Waals surface area (Å²) in [5.74, 6) is -2.54. The van der Waals surface area contributed by atoms with Crippen molar-refractivity contribution < 1.29 is 36.9 Å². The summed E-state index contributed by atoms with van der Waals surface area (Å²) >= 11 is 7.89. The number of carboxylic acids is 2. The largest absolute Gasteiger partial charge is 2.00 e. The van der Waals surface area contributed by atoms with E-state index in [2.05, 4.69) is 25.3 Å². The summed E-state index contributed by atoms with van der Waals surface area (Å²) in [5.41, 5.74) is 10.3. The minimum Gasteiger partial charge on any atom is -0.548 e. The van der Waals surface area contributed by atoms with Crippen molar-refractivity contribution in [3.05, 3.63) is 0 Å². The second-order valence-corrected chi connectivity index (χ2v) is 7.21. The van der Waals surface area contributed by atoms with Gasteiger partial charge in [-0.3, -0.25) is 0 Å². The number of rotatable bonds is 4. The van der Waals surface area contributed by atoms with E-state index in [1.165, 1.54) is 0 Å². The van der Waals surface area contributed by atoms with Crippen LogP contribution in [-0.4, -0.2) is 33.5 Å². The molecular weight excluding hydrogens is 340 g/mol. The molecule has 0 unspecified atom stereocenters. The van der Waals surface area contributed by atoms with Crippen LogP contribution in [0.25, 0.3) is 0 Å². The van der Waals surface area contributed by atoms with Crippen LogP contribution in [0.15, 0.2) is 0 Å². The van der Waals surface area contributed by atoms with Crippen LogP contribution in [0.4, 0.5) is 0 Å². The Hall–Kier alpha value is 0.0795. The number of carboxylic acid groups (broad SMARTS) is 2. The molecule has 0 aliphatic carbocycles. The van der Waals surface area contributed by atoms with E-state index >= 15 is 0 Å². The van der Waals surface area contributed by atoms with Crippen molar-refractivity contribution in [2.75, 3.05) is 0 Å². The average Bonchev–Trinajstić information content (AvgIpc) is 2.13. The molecule has 0 aromatic heterocycles. The van der Waals surface area contributed by atoms with Gasteiger partial charge in [0.2, 0.25) is 0 Å². The predicted molar refractivity (Wildman–Crippen MR) is 72.1 cm³/mol. The molecule has 9 heteroatoms. The second-order valence-electron chi connectivity index (χ2n) is 4.90. The molecule has 0 aromatic carbocycles. The quantitative estimate of drug-likeness (QED) is 0.325. The Morgan fingerprint density at radius 2 is 1.05 bits per heavy atom. The third-order valence-corrected chi connectivity index (χ3v) is 2.59. The number of carbonyl (C=O) groups excluding carboxylic acids is 2. The zero-order valence-electron chi connectivity index (χ0n) is 11.1. The van der Waals surface area contributed by atoms with E-state index in [9.17, 15) is 19.8 Å². The van der Waals surface area contributed by atoms with E-state index in [4.69, 9.17) is 11.5 Å². The van der Waals surface area contributed by atoms with Crippen LogP contribution in [0, 0.1) is 0 Å². The topological polar surface area (TPSA) is 132 Å². The SMILES string of the molecule is CC(C)(S)[C@@H](N)C(=O)[O-].CC(C)(S)[C@@H](N)C(=O)[O-].[Cu+2]. The van der Waals surface area contributed by atoms with Gasteiger partial charge in [0.15, 0.2) is 0 Å². The molecule has 0 aliphatic rings. The van der Waals surface area contributed by atoms with E-state index in [0.29, 0.717) is 0 Å². The standard InChI is InChI=1S/2C5H11NO2S.Cu/c2*1-5(2,9)3(6)4(7)8;/h2*3,9H,6H2,1-2H3,(H,7,8);/q;;+2/p-2/t2*3-;/m00./s1. The number of carbonyl (C=O) groups is 2. The van der Waals surface area contributed by atoms with E-state index < -0.39 is 33.5 Å². The summed E-state index contributed by atoms with van der Waals surface area (Å²) in [6.45, 7) is 6.49. The van der Waals surface area contributed by atoms with Crippen molar-refractivity contribution in [1.29, 1.82) is 0 Å². The Balaban J connectivity index is -0.000000256. The number of hydrogen-bond donors (Lipinski definition) is 4. The monoisotopic (exact) mass is 359 g/mol. The summed E-state index contributed by atoms with van der Waals surface area (Å²) in [7, 11) is 0. The smallest absolute Gasteiger partial charge is 0.548 e. The van der Waals surface area contributed by atoms with Crippen molar-refractivity contribution in [3.8, 4) is 0 Å². The first kappa shape index (κ1) is 24.1. The molecule has 0 fully saturated rings. The maximum absolute atomic E-state index is 10.1. The van der Waals surface area contributed by atoms with Crippen molar-refractivity contribution in [1.82, 2.24) is 0 Å². The van der Waals surface area contributed by atoms with Crippen LogP contribution in [-0.2, 0) is 26.7 Å². The van der Waals surface area contributed by atoms with Gasteiger partial charge in [0, 0.05) is 9.49 Å². The van der Waals surface area contributed by atoms with Gasteiger partial charge in [-0.1, -0.05) is 0 Å². The van der Waals surface area contributed by atoms with E-state index in [1.54, 1.807) is 27.7 Å². The fraction of sp³-hybridized carbons (Fsp3) is 0.800. The number of nitrogens with two attached hydrogens (primary N) is 2. The number of thiol groups is 2. The van der Waals surface area contributed by atoms with Gasteiger partial charge in [-0.25, -0.2) is 0 Å². The molecule has 0 rings (SSSR count). The molecule has 0 aromatic rings. The molecule has 0 aliphatic heterocycles. The normalized spacial score (nSPS) is 14.3. The van der Waals surface area contributed by atoms with E-state index in [-0.39, 0.29) is 17.1 Å². The third-order valence-electron chi connectivity index (χ3n) is 2.03. The summed E-state index contributed by atoms with van der Waals surface area (Å²) in [5, 5.41) is 20.1. The van der Waals surface area contributed by atoms with Crippen LogP contribution in [0.5, 0.6) is 0 Å². The van der Waals surface area contributed by atoms with Crippen LogP contribution in [0.2, 0.25) is 0 Å². The van der Waals surface area contributed by atoms with Crippen molar-refractivity contribution in [3.63, 3.8) is 0 Å². The number of aliphatic carboxylic acids is 2. The van der Waals surface area contributed by atoms with Gasteiger partial charge in [-0.05, 0) is 27.7 Å². The molecule has 0 bridgehead atoms. The molecule has 0 amide bonds. The minimum absolute atomic E-state index is 0. The van der Waals surface area contributed by atoms with E-state index in [1.807, 2.05) is 0 Å². The molecular formula is C10H20CuN2O4S2. The van der Waals surface area contributed by atoms with Gasteiger partial charge >= 0.3 is 17.1 Å². The molecule has 6 nitrogen and oxygen atoms in total. The summed E-state index contributed by atoms with van der Waals surface area (Å²) in [4.78, 5) is 20.1. The molecule has 2 atom stereocenters. The van der Waals surface area contributed by atoms with Gasteiger partial charge in [0.25, 0.3) is 0 Å². The van der Waals surface area contributed by atoms with E-state index in [0.717, 1.165) is 0 Å². The Morgan fingerprint density at radius 1 is 0.895 bits per heavy atom. The van der Waals surface area contributed by atoms with Gasteiger partial charge in [0.05, 0.1) is 24.0 Å².